The van der Waals surface area contributed by atoms with Crippen molar-refractivity contribution < 1.29 is 32.8 Å². The summed E-state index contributed by atoms with van der Waals surface area (Å²) in [7, 11) is 1.15. The second kappa shape index (κ2) is 9.65. The number of benzene rings is 2. The lowest BCUT2D eigenvalue weighted by atomic mass is 10.2. The standard InChI is InChI=1S/C17H14F2N2O6S/c1-26-16(23)10-6-7-12(21(24)25)13(8-10)27-9-15(22)20-11-4-2-3-5-14(11)28-17(18)19/h2-8,17H,9H2,1H3,(H,20,22). The number of carbonyl (C=O) groups is 2. The summed E-state index contributed by atoms with van der Waals surface area (Å²) < 4.78 is 34.9. The van der Waals surface area contributed by atoms with Gasteiger partial charge in [-0.25, -0.2) is 4.79 Å². The highest BCUT2D eigenvalue weighted by atomic mass is 32.2. The lowest BCUT2D eigenvalue weighted by Crippen LogP contribution is -2.21. The van der Waals surface area contributed by atoms with Crippen LogP contribution in [0.25, 0.3) is 0 Å². The maximum atomic E-state index is 12.6. The minimum atomic E-state index is -2.67. The quantitative estimate of drug-likeness (QED) is 0.305. The Morgan fingerprint density at radius 2 is 1.96 bits per heavy atom. The molecule has 0 aliphatic heterocycles. The van der Waals surface area contributed by atoms with Crippen molar-refractivity contribution in [3.8, 4) is 5.75 Å². The van der Waals surface area contributed by atoms with Gasteiger partial charge in [0.1, 0.15) is 0 Å². The van der Waals surface area contributed by atoms with Crippen LogP contribution in [0.2, 0.25) is 0 Å². The molecule has 0 spiro atoms. The van der Waals surface area contributed by atoms with Crippen molar-refractivity contribution in [1.29, 1.82) is 0 Å². The van der Waals surface area contributed by atoms with Gasteiger partial charge in [0.15, 0.2) is 12.4 Å². The SMILES string of the molecule is COC(=O)c1ccc([N+](=O)[O-])c(OCC(=O)Nc2ccccc2SC(F)F)c1. The molecule has 0 saturated carbocycles. The third kappa shape index (κ3) is 5.64. The molecule has 0 aromatic heterocycles. The summed E-state index contributed by atoms with van der Waals surface area (Å²) in [4.78, 5) is 34.2. The molecule has 148 valence electrons. The number of anilines is 1. The van der Waals surface area contributed by atoms with Gasteiger partial charge in [-0.3, -0.25) is 14.9 Å². The molecule has 2 aromatic carbocycles. The van der Waals surface area contributed by atoms with Crippen LogP contribution in [0.15, 0.2) is 47.4 Å². The molecule has 1 amide bonds. The summed E-state index contributed by atoms with van der Waals surface area (Å²) in [6, 6.07) is 9.26. The van der Waals surface area contributed by atoms with Crippen molar-refractivity contribution in [2.24, 2.45) is 0 Å². The van der Waals surface area contributed by atoms with E-state index in [2.05, 4.69) is 10.1 Å². The van der Waals surface area contributed by atoms with Crippen LogP contribution >= 0.6 is 11.8 Å². The van der Waals surface area contributed by atoms with Gasteiger partial charge in [-0.2, -0.15) is 8.78 Å². The number of nitrogens with zero attached hydrogens (tertiary/aromatic N) is 1. The van der Waals surface area contributed by atoms with Crippen molar-refractivity contribution in [2.75, 3.05) is 19.0 Å². The highest BCUT2D eigenvalue weighted by Crippen LogP contribution is 2.32. The molecule has 0 saturated heterocycles. The number of carbonyl (C=O) groups excluding carboxylic acids is 2. The fourth-order valence-corrected chi connectivity index (χ4v) is 2.72. The number of methoxy groups -OCH3 is 1. The normalized spacial score (nSPS) is 10.4. The molecule has 0 unspecified atom stereocenters. The number of amides is 1. The van der Waals surface area contributed by atoms with E-state index < -0.39 is 34.9 Å². The molecular formula is C17H14F2N2O6S. The molecule has 0 bridgehead atoms. The van der Waals surface area contributed by atoms with Crippen LogP contribution in [0.4, 0.5) is 20.2 Å². The monoisotopic (exact) mass is 412 g/mol. The van der Waals surface area contributed by atoms with Gasteiger partial charge in [-0.1, -0.05) is 23.9 Å². The number of halogens is 2. The molecule has 0 radical (unpaired) electrons. The lowest BCUT2D eigenvalue weighted by molar-refractivity contribution is -0.385. The Balaban J connectivity index is 2.12. The summed E-state index contributed by atoms with van der Waals surface area (Å²) >= 11 is 0.266. The van der Waals surface area contributed by atoms with Gasteiger partial charge in [0.25, 0.3) is 11.7 Å². The van der Waals surface area contributed by atoms with Gasteiger partial charge in [0.2, 0.25) is 0 Å². The summed E-state index contributed by atoms with van der Waals surface area (Å²) in [5.41, 5.74) is -0.296. The van der Waals surface area contributed by atoms with E-state index in [0.29, 0.717) is 0 Å². The molecule has 0 heterocycles. The maximum Gasteiger partial charge on any atom is 0.337 e. The number of thioether (sulfide) groups is 1. The molecule has 11 heteroatoms. The molecule has 2 rings (SSSR count). The predicted octanol–water partition coefficient (Wildman–Crippen LogP) is 3.71. The van der Waals surface area contributed by atoms with Gasteiger partial charge in [-0.05, 0) is 18.2 Å². The van der Waals surface area contributed by atoms with Crippen LogP contribution in [0, 0.1) is 10.1 Å². The van der Waals surface area contributed by atoms with Crippen LogP contribution in [0.5, 0.6) is 5.75 Å². The molecule has 28 heavy (non-hydrogen) atoms. The number of esters is 1. The van der Waals surface area contributed by atoms with Gasteiger partial charge < -0.3 is 14.8 Å². The minimum absolute atomic E-state index is 0.00203. The largest absolute Gasteiger partial charge is 0.477 e. The average Bonchev–Trinajstić information content (AvgIpc) is 2.66. The fourth-order valence-electron chi connectivity index (χ4n) is 2.12. The molecule has 1 N–H and O–H groups in total. The van der Waals surface area contributed by atoms with Crippen LogP contribution in [0.1, 0.15) is 10.4 Å². The number of ether oxygens (including phenoxy) is 2. The zero-order valence-corrected chi connectivity index (χ0v) is 15.2. The second-order valence-corrected chi connectivity index (χ2v) is 6.17. The highest BCUT2D eigenvalue weighted by Gasteiger charge is 2.20. The molecule has 0 fully saturated rings. The van der Waals surface area contributed by atoms with Gasteiger partial charge in [0, 0.05) is 17.0 Å². The molecule has 0 atom stereocenters. The Morgan fingerprint density at radius 1 is 1.25 bits per heavy atom. The van der Waals surface area contributed by atoms with E-state index in [1.54, 1.807) is 12.1 Å². The number of para-hydroxylation sites is 1. The maximum absolute atomic E-state index is 12.6. The average molecular weight is 412 g/mol. The number of alkyl halides is 2. The van der Waals surface area contributed by atoms with E-state index in [1.807, 2.05) is 0 Å². The zero-order valence-electron chi connectivity index (χ0n) is 14.4. The van der Waals surface area contributed by atoms with Crippen LogP contribution in [0.3, 0.4) is 0 Å². The van der Waals surface area contributed by atoms with Crippen molar-refractivity contribution in [1.82, 2.24) is 0 Å². The van der Waals surface area contributed by atoms with Crippen LogP contribution in [-0.2, 0) is 9.53 Å². The van der Waals surface area contributed by atoms with E-state index in [-0.39, 0.29) is 33.7 Å². The summed E-state index contributed by atoms with van der Waals surface area (Å²) in [6.07, 6.45) is 0. The molecule has 0 aliphatic carbocycles. The Kier molecular flexibility index (Phi) is 7.27. The smallest absolute Gasteiger partial charge is 0.337 e. The van der Waals surface area contributed by atoms with Crippen LogP contribution in [-0.4, -0.2) is 36.3 Å². The first-order valence-electron chi connectivity index (χ1n) is 7.65. The number of hydrogen-bond acceptors (Lipinski definition) is 7. The Morgan fingerprint density at radius 3 is 2.61 bits per heavy atom. The molecular weight excluding hydrogens is 398 g/mol. The van der Waals surface area contributed by atoms with Crippen molar-refractivity contribution >= 4 is 35.0 Å². The first-order chi connectivity index (χ1) is 13.3. The van der Waals surface area contributed by atoms with Gasteiger partial charge in [0.05, 0.1) is 23.3 Å². The second-order valence-electron chi connectivity index (χ2n) is 5.14. The van der Waals surface area contributed by atoms with Crippen LogP contribution < -0.4 is 10.1 Å². The number of nitro groups is 1. The minimum Gasteiger partial charge on any atom is -0.477 e. The third-order valence-electron chi connectivity index (χ3n) is 3.31. The van der Waals surface area contributed by atoms with E-state index in [0.717, 1.165) is 19.2 Å². The number of nitrogens with one attached hydrogen (secondary N) is 1. The van der Waals surface area contributed by atoms with E-state index >= 15 is 0 Å². The molecule has 8 nitrogen and oxygen atoms in total. The van der Waals surface area contributed by atoms with Gasteiger partial charge in [-0.15, -0.1) is 0 Å². The number of nitro benzene ring substituents is 1. The number of hydrogen-bond donors (Lipinski definition) is 1. The lowest BCUT2D eigenvalue weighted by Gasteiger charge is -2.11. The summed E-state index contributed by atoms with van der Waals surface area (Å²) in [5.74, 6) is -4.43. The van der Waals surface area contributed by atoms with Gasteiger partial charge >= 0.3 is 11.7 Å². The van der Waals surface area contributed by atoms with Crippen molar-refractivity contribution in [3.05, 3.63) is 58.1 Å². The first kappa shape index (κ1) is 21.1. The highest BCUT2D eigenvalue weighted by molar-refractivity contribution is 7.99. The number of rotatable bonds is 8. The predicted molar refractivity (Wildman–Crippen MR) is 96.9 cm³/mol. The first-order valence-corrected chi connectivity index (χ1v) is 8.53. The summed E-state index contributed by atoms with van der Waals surface area (Å²) in [5, 5.41) is 13.5. The third-order valence-corrected chi connectivity index (χ3v) is 4.10. The Labute approximate surface area is 162 Å². The van der Waals surface area contributed by atoms with E-state index in [4.69, 9.17) is 4.74 Å². The Hall–Kier alpha value is -3.21. The fraction of sp³-hybridized carbons (Fsp3) is 0.176. The zero-order chi connectivity index (χ0) is 20.7. The van der Waals surface area contributed by atoms with E-state index in [9.17, 15) is 28.5 Å². The van der Waals surface area contributed by atoms with Crippen molar-refractivity contribution in [2.45, 2.75) is 10.7 Å². The summed E-state index contributed by atoms with van der Waals surface area (Å²) in [6.45, 7) is -0.640. The van der Waals surface area contributed by atoms with E-state index in [1.165, 1.54) is 18.2 Å². The molecule has 0 aliphatic rings. The van der Waals surface area contributed by atoms with Crippen molar-refractivity contribution in [3.63, 3.8) is 0 Å². The Bertz CT molecular complexity index is 894. The topological polar surface area (TPSA) is 108 Å². The molecule has 2 aromatic rings.